The van der Waals surface area contributed by atoms with Crippen molar-refractivity contribution < 1.29 is 14.4 Å². The van der Waals surface area contributed by atoms with Crippen LogP contribution in [0, 0.1) is 11.3 Å². The molecule has 0 radical (unpaired) electrons. The second-order valence-corrected chi connectivity index (χ2v) is 12.1. The Balaban J connectivity index is 1.30. The number of piperidine rings is 1. The second kappa shape index (κ2) is 12.7. The molecule has 0 bridgehead atoms. The van der Waals surface area contributed by atoms with Crippen molar-refractivity contribution in [2.75, 3.05) is 20.1 Å². The number of nitrogens with one attached hydrogen (secondary N) is 3. The van der Waals surface area contributed by atoms with Crippen LogP contribution < -0.4 is 16.0 Å². The zero-order chi connectivity index (χ0) is 28.1. The molecule has 0 spiro atoms. The Bertz CT molecular complexity index is 1200. The molecule has 5 rings (SSSR count). The van der Waals surface area contributed by atoms with Gasteiger partial charge < -0.3 is 20.9 Å². The van der Waals surface area contributed by atoms with Crippen LogP contribution in [0.2, 0.25) is 5.02 Å². The minimum Gasteiger partial charge on any atom is -0.359 e. The largest absolute Gasteiger partial charge is 0.359 e. The first-order valence-corrected chi connectivity index (χ1v) is 15.1. The monoisotopic (exact) mass is 564 g/mol. The van der Waals surface area contributed by atoms with Crippen molar-refractivity contribution in [2.24, 2.45) is 11.3 Å². The third-order valence-corrected chi connectivity index (χ3v) is 9.65. The predicted octanol–water partition coefficient (Wildman–Crippen LogP) is 4.02. The molecule has 2 aromatic carbocycles. The van der Waals surface area contributed by atoms with Gasteiger partial charge in [-0.1, -0.05) is 67.3 Å². The fourth-order valence-corrected chi connectivity index (χ4v) is 7.17. The number of nitrogens with zero attached hydrogens (tertiary/aromatic N) is 1. The van der Waals surface area contributed by atoms with Gasteiger partial charge in [-0.2, -0.15) is 0 Å². The van der Waals surface area contributed by atoms with Crippen molar-refractivity contribution in [3.05, 3.63) is 70.2 Å². The summed E-state index contributed by atoms with van der Waals surface area (Å²) in [5.74, 6) is 0.221. The average molecular weight is 565 g/mol. The van der Waals surface area contributed by atoms with Gasteiger partial charge in [0.05, 0.1) is 11.5 Å². The van der Waals surface area contributed by atoms with Crippen LogP contribution in [0.4, 0.5) is 0 Å². The number of hydrogen-bond donors (Lipinski definition) is 3. The zero-order valence-electron chi connectivity index (χ0n) is 23.4. The van der Waals surface area contributed by atoms with E-state index in [2.05, 4.69) is 28.1 Å². The lowest BCUT2D eigenvalue weighted by Gasteiger charge is -2.47. The molecule has 3 aliphatic rings. The average Bonchev–Trinajstić information content (AvgIpc) is 3.01. The van der Waals surface area contributed by atoms with E-state index in [4.69, 9.17) is 11.6 Å². The highest BCUT2D eigenvalue weighted by Crippen LogP contribution is 2.46. The minimum atomic E-state index is -0.699. The first kappa shape index (κ1) is 28.6. The van der Waals surface area contributed by atoms with E-state index in [1.807, 2.05) is 41.3 Å². The molecule has 214 valence electrons. The van der Waals surface area contributed by atoms with Crippen molar-refractivity contribution in [2.45, 2.75) is 76.4 Å². The van der Waals surface area contributed by atoms with Crippen molar-refractivity contribution in [1.82, 2.24) is 20.9 Å². The summed E-state index contributed by atoms with van der Waals surface area (Å²) >= 11 is 6.10. The van der Waals surface area contributed by atoms with Gasteiger partial charge in [-0.3, -0.25) is 14.4 Å². The number of amides is 3. The third-order valence-electron chi connectivity index (χ3n) is 9.40. The van der Waals surface area contributed by atoms with E-state index < -0.39 is 17.5 Å². The number of rotatable bonds is 7. The topological polar surface area (TPSA) is 90.5 Å². The lowest BCUT2D eigenvalue weighted by Crippen LogP contribution is -2.58. The Morgan fingerprint density at radius 3 is 2.35 bits per heavy atom. The van der Waals surface area contributed by atoms with Crippen LogP contribution >= 0.6 is 11.6 Å². The Hall–Kier alpha value is -2.90. The van der Waals surface area contributed by atoms with Gasteiger partial charge in [0, 0.05) is 38.1 Å². The van der Waals surface area contributed by atoms with Crippen LogP contribution in [0.3, 0.4) is 0 Å². The molecule has 3 N–H and O–H groups in total. The number of halogens is 1. The maximum Gasteiger partial charge on any atom is 0.245 e. The van der Waals surface area contributed by atoms with E-state index in [-0.39, 0.29) is 17.7 Å². The Labute approximate surface area is 242 Å². The lowest BCUT2D eigenvalue weighted by atomic mass is 9.63. The number of hydrogen-bond acceptors (Lipinski definition) is 4. The van der Waals surface area contributed by atoms with Crippen LogP contribution in [-0.4, -0.2) is 54.8 Å². The smallest absolute Gasteiger partial charge is 0.245 e. The summed E-state index contributed by atoms with van der Waals surface area (Å²) in [7, 11) is 1.72. The molecule has 2 heterocycles. The van der Waals surface area contributed by atoms with Gasteiger partial charge in [-0.15, -0.1) is 0 Å². The molecule has 2 aromatic rings. The van der Waals surface area contributed by atoms with Crippen LogP contribution in [0.1, 0.15) is 61.6 Å². The number of benzene rings is 2. The molecule has 7 nitrogen and oxygen atoms in total. The summed E-state index contributed by atoms with van der Waals surface area (Å²) in [6.07, 6.45) is 8.01. The number of carbonyl (C=O) groups is 3. The number of fused-ring (bicyclic) bond motifs is 1. The SMILES string of the molecule is CNC(=O)C1(C2CCCCC2)CCN(C(=O)C(Cc2ccc(Cl)cc2)NC(=O)C2Cc3ccccc3CN2)CC1. The molecule has 2 fully saturated rings. The Kier molecular flexibility index (Phi) is 9.11. The molecular formula is C32H41ClN4O3. The molecule has 3 amide bonds. The van der Waals surface area contributed by atoms with Gasteiger partial charge in [-0.25, -0.2) is 0 Å². The van der Waals surface area contributed by atoms with E-state index in [1.54, 1.807) is 7.05 Å². The minimum absolute atomic E-state index is 0.0892. The molecule has 40 heavy (non-hydrogen) atoms. The van der Waals surface area contributed by atoms with Gasteiger partial charge in [0.15, 0.2) is 0 Å². The van der Waals surface area contributed by atoms with Crippen molar-refractivity contribution >= 4 is 29.3 Å². The molecule has 2 unspecified atom stereocenters. The fraction of sp³-hybridized carbons (Fsp3) is 0.531. The second-order valence-electron chi connectivity index (χ2n) is 11.7. The molecule has 0 aromatic heterocycles. The van der Waals surface area contributed by atoms with Crippen LogP contribution in [0.25, 0.3) is 0 Å². The summed E-state index contributed by atoms with van der Waals surface area (Å²) in [5.41, 5.74) is 2.88. The Morgan fingerprint density at radius 2 is 1.68 bits per heavy atom. The molecular weight excluding hydrogens is 524 g/mol. The summed E-state index contributed by atoms with van der Waals surface area (Å²) in [6.45, 7) is 1.66. The van der Waals surface area contributed by atoms with E-state index >= 15 is 0 Å². The van der Waals surface area contributed by atoms with E-state index in [0.29, 0.717) is 56.3 Å². The lowest BCUT2D eigenvalue weighted by molar-refractivity contribution is -0.146. The van der Waals surface area contributed by atoms with Crippen molar-refractivity contribution in [1.29, 1.82) is 0 Å². The van der Waals surface area contributed by atoms with Gasteiger partial charge in [-0.05, 0) is 66.8 Å². The maximum absolute atomic E-state index is 14.0. The standard InChI is InChI=1S/C32H41ClN4O3/c1-34-31(40)32(25-9-3-2-4-10-25)15-17-37(18-16-32)30(39)28(19-22-11-13-26(33)14-12-22)36-29(38)27-20-23-7-5-6-8-24(23)21-35-27/h5-8,11-14,25,27-28,35H,2-4,9-10,15-21H2,1H3,(H,34,40)(H,36,38). The summed E-state index contributed by atoms with van der Waals surface area (Å²) in [6, 6.07) is 14.5. The summed E-state index contributed by atoms with van der Waals surface area (Å²) in [5, 5.41) is 9.99. The molecule has 1 aliphatic carbocycles. The van der Waals surface area contributed by atoms with Gasteiger partial charge in [0.1, 0.15) is 6.04 Å². The molecule has 1 saturated heterocycles. The number of carbonyl (C=O) groups excluding carboxylic acids is 3. The van der Waals surface area contributed by atoms with E-state index in [9.17, 15) is 14.4 Å². The maximum atomic E-state index is 14.0. The zero-order valence-corrected chi connectivity index (χ0v) is 24.1. The van der Waals surface area contributed by atoms with E-state index in [1.165, 1.54) is 24.8 Å². The molecule has 2 aliphatic heterocycles. The summed E-state index contributed by atoms with van der Waals surface area (Å²) < 4.78 is 0. The van der Waals surface area contributed by atoms with Crippen LogP contribution in [0.15, 0.2) is 48.5 Å². The first-order chi connectivity index (χ1) is 19.4. The summed E-state index contributed by atoms with van der Waals surface area (Å²) in [4.78, 5) is 42.5. The number of likely N-dealkylation sites (tertiary alicyclic amines) is 1. The highest BCUT2D eigenvalue weighted by molar-refractivity contribution is 6.30. The predicted molar refractivity (Wildman–Crippen MR) is 157 cm³/mol. The quantitative estimate of drug-likeness (QED) is 0.474. The molecule has 2 atom stereocenters. The van der Waals surface area contributed by atoms with Crippen LogP contribution in [-0.2, 0) is 33.8 Å². The van der Waals surface area contributed by atoms with Crippen molar-refractivity contribution in [3.63, 3.8) is 0 Å². The van der Waals surface area contributed by atoms with Crippen LogP contribution in [0.5, 0.6) is 0 Å². The Morgan fingerprint density at radius 1 is 1.00 bits per heavy atom. The van der Waals surface area contributed by atoms with Gasteiger partial charge in [0.2, 0.25) is 17.7 Å². The van der Waals surface area contributed by atoms with Gasteiger partial charge in [0.25, 0.3) is 0 Å². The normalized spacial score (nSPS) is 21.6. The third kappa shape index (κ3) is 6.21. The highest BCUT2D eigenvalue weighted by atomic mass is 35.5. The first-order valence-electron chi connectivity index (χ1n) is 14.8. The van der Waals surface area contributed by atoms with Gasteiger partial charge >= 0.3 is 0 Å². The highest BCUT2D eigenvalue weighted by Gasteiger charge is 2.48. The molecule has 1 saturated carbocycles. The molecule has 8 heteroatoms. The van der Waals surface area contributed by atoms with E-state index in [0.717, 1.165) is 24.0 Å². The van der Waals surface area contributed by atoms with Crippen molar-refractivity contribution in [3.8, 4) is 0 Å². The fourth-order valence-electron chi connectivity index (χ4n) is 7.04.